The maximum absolute atomic E-state index is 12.8. The lowest BCUT2D eigenvalue weighted by molar-refractivity contribution is 0.0120. The predicted octanol–water partition coefficient (Wildman–Crippen LogP) is 3.34. The monoisotopic (exact) mass is 252 g/mol. The van der Waals surface area contributed by atoms with Crippen molar-refractivity contribution >= 4 is 15.9 Å². The van der Waals surface area contributed by atoms with Crippen molar-refractivity contribution in [3.05, 3.63) is 16.4 Å². The van der Waals surface area contributed by atoms with Gasteiger partial charge in [-0.25, -0.2) is 0 Å². The smallest absolute Gasteiger partial charge is 0.256 e. The van der Waals surface area contributed by atoms with Crippen molar-refractivity contribution in [3.8, 4) is 0 Å². The van der Waals surface area contributed by atoms with Crippen molar-refractivity contribution in [2.24, 2.45) is 0 Å². The molecule has 0 spiro atoms. The fraction of sp³-hybridized carbons (Fsp3) is 0.625. The highest BCUT2D eigenvalue weighted by Gasteiger charge is 2.28. The normalized spacial score (nSPS) is 12.5. The molecule has 1 heterocycles. The second-order valence-corrected chi connectivity index (χ2v) is 4.09. The van der Waals surface area contributed by atoms with Crippen molar-refractivity contribution in [1.29, 1.82) is 0 Å². The van der Waals surface area contributed by atoms with Crippen LogP contribution in [-0.2, 0) is 5.92 Å². The van der Waals surface area contributed by atoms with Gasteiger partial charge in [-0.05, 0) is 35.8 Å². The van der Waals surface area contributed by atoms with Gasteiger partial charge in [0.1, 0.15) is 10.3 Å². The topological polar surface area (TPSA) is 17.8 Å². The molecule has 1 rings (SSSR count). The van der Waals surface area contributed by atoms with E-state index in [0.717, 1.165) is 6.92 Å². The van der Waals surface area contributed by atoms with Crippen LogP contribution in [0.3, 0.4) is 0 Å². The lowest BCUT2D eigenvalue weighted by atomic mass is 10.3. The van der Waals surface area contributed by atoms with Crippen LogP contribution in [0.25, 0.3) is 0 Å². The Hall–Kier alpha value is -0.450. The summed E-state index contributed by atoms with van der Waals surface area (Å²) in [5.74, 6) is -2.87. The molecule has 0 aromatic carbocycles. The highest BCUT2D eigenvalue weighted by Crippen LogP contribution is 2.29. The Bertz CT molecular complexity index is 302. The van der Waals surface area contributed by atoms with E-state index < -0.39 is 5.92 Å². The van der Waals surface area contributed by atoms with Gasteiger partial charge in [0.2, 0.25) is 0 Å². The number of alkyl halides is 2. The minimum atomic E-state index is -2.87. The molecule has 0 saturated carbocycles. The molecule has 0 amide bonds. The van der Waals surface area contributed by atoms with E-state index in [1.807, 2.05) is 13.8 Å². The van der Waals surface area contributed by atoms with Gasteiger partial charge in [0.05, 0.1) is 0 Å². The van der Waals surface area contributed by atoms with Crippen LogP contribution in [0, 0.1) is 0 Å². The molecule has 5 heteroatoms. The third-order valence-electron chi connectivity index (χ3n) is 1.63. The fourth-order valence-electron chi connectivity index (χ4n) is 0.948. The average molecular weight is 253 g/mol. The number of aromatic nitrogens is 2. The first-order valence-electron chi connectivity index (χ1n) is 3.95. The molecule has 0 bridgehead atoms. The van der Waals surface area contributed by atoms with Gasteiger partial charge in [-0.1, -0.05) is 0 Å². The van der Waals surface area contributed by atoms with Gasteiger partial charge in [0.15, 0.2) is 0 Å². The quantitative estimate of drug-likeness (QED) is 0.790. The van der Waals surface area contributed by atoms with Crippen LogP contribution in [0.2, 0.25) is 0 Å². The summed E-state index contributed by atoms with van der Waals surface area (Å²) in [4.78, 5) is 0. The van der Waals surface area contributed by atoms with Crippen LogP contribution in [0.4, 0.5) is 8.78 Å². The predicted molar refractivity (Wildman–Crippen MR) is 49.9 cm³/mol. The maximum atomic E-state index is 12.8. The Kier molecular flexibility index (Phi) is 2.75. The third kappa shape index (κ3) is 2.27. The fourth-order valence-corrected chi connectivity index (χ4v) is 1.65. The van der Waals surface area contributed by atoms with Crippen molar-refractivity contribution < 1.29 is 8.78 Å². The van der Waals surface area contributed by atoms with Crippen LogP contribution < -0.4 is 0 Å². The Balaban J connectivity index is 3.10. The van der Waals surface area contributed by atoms with E-state index in [4.69, 9.17) is 0 Å². The van der Waals surface area contributed by atoms with Crippen LogP contribution in [0.1, 0.15) is 32.5 Å². The maximum Gasteiger partial charge on any atom is 0.288 e. The standard InChI is InChI=1S/C8H11BrF2N2/c1-5(2)13-7(9)4-6(12-13)8(3,10)11/h4-5H,1-3H3. The van der Waals surface area contributed by atoms with Crippen molar-refractivity contribution in [3.63, 3.8) is 0 Å². The summed E-state index contributed by atoms with van der Waals surface area (Å²) in [6.45, 7) is 4.61. The van der Waals surface area contributed by atoms with Crippen molar-refractivity contribution in [2.45, 2.75) is 32.7 Å². The first-order valence-corrected chi connectivity index (χ1v) is 4.75. The van der Waals surface area contributed by atoms with Crippen LogP contribution in [0.15, 0.2) is 10.7 Å². The zero-order valence-electron chi connectivity index (χ0n) is 7.68. The van der Waals surface area contributed by atoms with E-state index in [2.05, 4.69) is 21.0 Å². The molecular formula is C8H11BrF2N2. The van der Waals surface area contributed by atoms with E-state index in [9.17, 15) is 8.78 Å². The third-order valence-corrected chi connectivity index (χ3v) is 2.22. The van der Waals surface area contributed by atoms with Gasteiger partial charge in [0.25, 0.3) is 5.92 Å². The highest BCUT2D eigenvalue weighted by molar-refractivity contribution is 9.10. The zero-order valence-corrected chi connectivity index (χ0v) is 9.27. The summed E-state index contributed by atoms with van der Waals surface area (Å²) in [6.07, 6.45) is 0. The summed E-state index contributed by atoms with van der Waals surface area (Å²) >= 11 is 3.18. The Morgan fingerprint density at radius 3 is 2.31 bits per heavy atom. The van der Waals surface area contributed by atoms with Gasteiger partial charge >= 0.3 is 0 Å². The molecule has 1 aromatic heterocycles. The van der Waals surface area contributed by atoms with Crippen molar-refractivity contribution in [1.82, 2.24) is 9.78 Å². The molecular weight excluding hydrogens is 242 g/mol. The molecule has 0 saturated heterocycles. The van der Waals surface area contributed by atoms with Gasteiger partial charge in [-0.3, -0.25) is 4.68 Å². The summed E-state index contributed by atoms with van der Waals surface area (Å²) in [5, 5.41) is 3.80. The summed E-state index contributed by atoms with van der Waals surface area (Å²) in [6, 6.07) is 1.42. The molecule has 0 aliphatic carbocycles. The van der Waals surface area contributed by atoms with Crippen LogP contribution in [-0.4, -0.2) is 9.78 Å². The Morgan fingerprint density at radius 2 is 2.08 bits per heavy atom. The number of hydrogen-bond donors (Lipinski definition) is 0. The minimum Gasteiger partial charge on any atom is -0.256 e. The van der Waals surface area contributed by atoms with E-state index >= 15 is 0 Å². The minimum absolute atomic E-state index is 0.0745. The molecule has 2 nitrogen and oxygen atoms in total. The molecule has 74 valence electrons. The lowest BCUT2D eigenvalue weighted by Gasteiger charge is -2.07. The molecule has 0 aliphatic heterocycles. The average Bonchev–Trinajstić information content (AvgIpc) is 2.29. The summed E-state index contributed by atoms with van der Waals surface area (Å²) in [5.41, 5.74) is -0.201. The summed E-state index contributed by atoms with van der Waals surface area (Å²) < 4.78 is 27.7. The van der Waals surface area contributed by atoms with E-state index in [0.29, 0.717) is 4.60 Å². The second-order valence-electron chi connectivity index (χ2n) is 3.28. The molecule has 0 N–H and O–H groups in total. The first-order chi connectivity index (χ1) is 5.82. The zero-order chi connectivity index (χ0) is 10.2. The van der Waals surface area contributed by atoms with Crippen LogP contribution in [0.5, 0.6) is 0 Å². The van der Waals surface area contributed by atoms with E-state index in [1.54, 1.807) is 0 Å². The molecule has 0 aliphatic rings. The SMILES string of the molecule is CC(C)n1nc(C(C)(F)F)cc1Br. The van der Waals surface area contributed by atoms with Crippen molar-refractivity contribution in [2.75, 3.05) is 0 Å². The van der Waals surface area contributed by atoms with Gasteiger partial charge < -0.3 is 0 Å². The van der Waals surface area contributed by atoms with Gasteiger partial charge in [-0.15, -0.1) is 0 Å². The Labute approximate surface area is 84.1 Å². The molecule has 0 atom stereocenters. The van der Waals surface area contributed by atoms with E-state index in [1.165, 1.54) is 10.7 Å². The Morgan fingerprint density at radius 1 is 1.54 bits per heavy atom. The van der Waals surface area contributed by atoms with Crippen LogP contribution >= 0.6 is 15.9 Å². The number of rotatable bonds is 2. The molecule has 0 radical (unpaired) electrons. The summed E-state index contributed by atoms with van der Waals surface area (Å²) in [7, 11) is 0. The number of nitrogens with zero attached hydrogens (tertiary/aromatic N) is 2. The second kappa shape index (κ2) is 3.36. The largest absolute Gasteiger partial charge is 0.288 e. The lowest BCUT2D eigenvalue weighted by Crippen LogP contribution is -2.10. The van der Waals surface area contributed by atoms with E-state index in [-0.39, 0.29) is 11.7 Å². The first kappa shape index (κ1) is 10.6. The van der Waals surface area contributed by atoms with Gasteiger partial charge in [-0.2, -0.15) is 13.9 Å². The molecule has 1 aromatic rings. The molecule has 0 unspecified atom stereocenters. The highest BCUT2D eigenvalue weighted by atomic mass is 79.9. The molecule has 0 fully saturated rings. The van der Waals surface area contributed by atoms with Gasteiger partial charge in [0, 0.05) is 13.0 Å². The number of halogens is 3. The molecule has 13 heavy (non-hydrogen) atoms. The number of hydrogen-bond acceptors (Lipinski definition) is 1.